The Morgan fingerprint density at radius 1 is 1.45 bits per heavy atom. The van der Waals surface area contributed by atoms with Gasteiger partial charge in [0.25, 0.3) is 0 Å². The van der Waals surface area contributed by atoms with Gasteiger partial charge in [-0.3, -0.25) is 0 Å². The molecule has 1 N–H and O–H groups in total. The van der Waals surface area contributed by atoms with Crippen LogP contribution >= 0.6 is 11.3 Å². The number of piperidine rings is 1. The zero-order valence-corrected chi connectivity index (χ0v) is 13.3. The number of esters is 1. The van der Waals surface area contributed by atoms with E-state index >= 15 is 0 Å². The molecule has 0 bridgehead atoms. The predicted molar refractivity (Wildman–Crippen MR) is 81.6 cm³/mol. The van der Waals surface area contributed by atoms with E-state index in [1.54, 1.807) is 0 Å². The van der Waals surface area contributed by atoms with Gasteiger partial charge in [0.05, 0.1) is 12.8 Å². The number of thiazole rings is 1. The predicted octanol–water partition coefficient (Wildman–Crippen LogP) is 2.52. The highest BCUT2D eigenvalue weighted by Gasteiger charge is 2.18. The molecule has 1 fully saturated rings. The molecular weight excluding hydrogens is 274 g/mol. The first-order chi connectivity index (χ1) is 9.60. The van der Waals surface area contributed by atoms with Gasteiger partial charge in [0, 0.05) is 12.6 Å². The van der Waals surface area contributed by atoms with Crippen molar-refractivity contribution in [3.05, 3.63) is 10.6 Å². The first-order valence-corrected chi connectivity index (χ1v) is 7.96. The van der Waals surface area contributed by atoms with Crippen molar-refractivity contribution in [2.75, 3.05) is 32.1 Å². The van der Waals surface area contributed by atoms with Gasteiger partial charge >= 0.3 is 5.97 Å². The molecule has 1 aliphatic heterocycles. The van der Waals surface area contributed by atoms with Crippen molar-refractivity contribution < 1.29 is 9.53 Å². The number of hydrogen-bond donors (Lipinski definition) is 1. The lowest BCUT2D eigenvalue weighted by atomic mass is 10.1. The number of aromatic nitrogens is 1. The van der Waals surface area contributed by atoms with Gasteiger partial charge < -0.3 is 15.0 Å². The number of carbonyl (C=O) groups excluding carboxylic acids is 1. The quantitative estimate of drug-likeness (QED) is 0.846. The van der Waals surface area contributed by atoms with Crippen LogP contribution < -0.4 is 5.32 Å². The lowest BCUT2D eigenvalue weighted by molar-refractivity contribution is 0.0605. The molecule has 0 saturated carbocycles. The largest absolute Gasteiger partial charge is 0.465 e. The van der Waals surface area contributed by atoms with Crippen molar-refractivity contribution in [3.63, 3.8) is 0 Å². The van der Waals surface area contributed by atoms with Gasteiger partial charge in [0.1, 0.15) is 4.88 Å². The standard InChI is InChI=1S/C14H23N3O2S/c1-10(9-17-7-5-4-6-8-17)15-14-16-11(2)12(20-14)13(18)19-3/h10H,4-9H2,1-3H3,(H,15,16). The van der Waals surface area contributed by atoms with Crippen LogP contribution in [0.15, 0.2) is 0 Å². The molecule has 6 heteroatoms. The van der Waals surface area contributed by atoms with Gasteiger partial charge in [-0.1, -0.05) is 17.8 Å². The lowest BCUT2D eigenvalue weighted by Crippen LogP contribution is -2.38. The Bertz CT molecular complexity index is 455. The Kier molecular flexibility index (Phi) is 5.37. The number of methoxy groups -OCH3 is 1. The Morgan fingerprint density at radius 2 is 2.15 bits per heavy atom. The van der Waals surface area contributed by atoms with Crippen LogP contribution in [-0.4, -0.2) is 48.6 Å². The summed E-state index contributed by atoms with van der Waals surface area (Å²) in [6.45, 7) is 7.39. The minimum Gasteiger partial charge on any atom is -0.465 e. The molecule has 20 heavy (non-hydrogen) atoms. The van der Waals surface area contributed by atoms with E-state index in [2.05, 4.69) is 22.1 Å². The summed E-state index contributed by atoms with van der Waals surface area (Å²) in [5.41, 5.74) is 0.731. The normalized spacial score (nSPS) is 17.8. The first kappa shape index (κ1) is 15.3. The summed E-state index contributed by atoms with van der Waals surface area (Å²) in [6, 6.07) is 0.323. The van der Waals surface area contributed by atoms with E-state index in [0.29, 0.717) is 10.9 Å². The number of likely N-dealkylation sites (tertiary alicyclic amines) is 1. The Hall–Kier alpha value is -1.14. The molecule has 0 amide bonds. The molecule has 0 radical (unpaired) electrons. The topological polar surface area (TPSA) is 54.5 Å². The number of aryl methyl sites for hydroxylation is 1. The molecule has 2 rings (SSSR count). The Labute approximate surface area is 124 Å². The molecule has 5 nitrogen and oxygen atoms in total. The van der Waals surface area contributed by atoms with Gasteiger partial charge in [0.15, 0.2) is 5.13 Å². The maximum atomic E-state index is 11.6. The zero-order valence-electron chi connectivity index (χ0n) is 12.4. The molecule has 0 aliphatic carbocycles. The second-order valence-electron chi connectivity index (χ2n) is 5.33. The Morgan fingerprint density at radius 3 is 2.80 bits per heavy atom. The molecule has 112 valence electrons. The highest BCUT2D eigenvalue weighted by molar-refractivity contribution is 7.17. The number of hydrogen-bond acceptors (Lipinski definition) is 6. The van der Waals surface area contributed by atoms with Gasteiger partial charge in [-0.15, -0.1) is 0 Å². The number of ether oxygens (including phenoxy) is 1. The van der Waals surface area contributed by atoms with Crippen LogP contribution in [0.2, 0.25) is 0 Å². The smallest absolute Gasteiger partial charge is 0.350 e. The average molecular weight is 297 g/mol. The van der Waals surface area contributed by atoms with Crippen molar-refractivity contribution in [2.24, 2.45) is 0 Å². The summed E-state index contributed by atoms with van der Waals surface area (Å²) < 4.78 is 4.75. The Balaban J connectivity index is 1.90. The summed E-state index contributed by atoms with van der Waals surface area (Å²) in [5, 5.41) is 4.19. The van der Waals surface area contributed by atoms with Crippen LogP contribution in [-0.2, 0) is 4.74 Å². The second-order valence-corrected chi connectivity index (χ2v) is 6.33. The van der Waals surface area contributed by atoms with Crippen LogP contribution in [0.4, 0.5) is 5.13 Å². The lowest BCUT2D eigenvalue weighted by Gasteiger charge is -2.29. The van der Waals surface area contributed by atoms with E-state index < -0.39 is 0 Å². The molecule has 1 saturated heterocycles. The summed E-state index contributed by atoms with van der Waals surface area (Å²) in [7, 11) is 1.40. The van der Waals surface area contributed by atoms with Crippen molar-refractivity contribution in [1.82, 2.24) is 9.88 Å². The minimum absolute atomic E-state index is 0.309. The van der Waals surface area contributed by atoms with Crippen LogP contribution in [0.3, 0.4) is 0 Å². The van der Waals surface area contributed by atoms with E-state index in [4.69, 9.17) is 4.74 Å². The van der Waals surface area contributed by atoms with Crippen LogP contribution in [0.25, 0.3) is 0 Å². The molecule has 0 aromatic carbocycles. The fourth-order valence-corrected chi connectivity index (χ4v) is 3.52. The highest BCUT2D eigenvalue weighted by Crippen LogP contribution is 2.24. The monoisotopic (exact) mass is 297 g/mol. The van der Waals surface area contributed by atoms with Gasteiger partial charge in [-0.2, -0.15) is 0 Å². The van der Waals surface area contributed by atoms with Crippen LogP contribution in [0.1, 0.15) is 41.6 Å². The van der Waals surface area contributed by atoms with E-state index in [9.17, 15) is 4.79 Å². The number of rotatable bonds is 5. The zero-order chi connectivity index (χ0) is 14.5. The third-order valence-electron chi connectivity index (χ3n) is 3.52. The number of anilines is 1. The van der Waals surface area contributed by atoms with Crippen molar-refractivity contribution in [1.29, 1.82) is 0 Å². The van der Waals surface area contributed by atoms with E-state index in [0.717, 1.165) is 17.4 Å². The molecule has 0 spiro atoms. The van der Waals surface area contributed by atoms with Crippen LogP contribution in [0.5, 0.6) is 0 Å². The average Bonchev–Trinajstić information content (AvgIpc) is 2.79. The van der Waals surface area contributed by atoms with Gasteiger partial charge in [-0.05, 0) is 39.8 Å². The molecule has 2 heterocycles. The van der Waals surface area contributed by atoms with Crippen molar-refractivity contribution in [3.8, 4) is 0 Å². The maximum Gasteiger partial charge on any atom is 0.350 e. The molecule has 1 unspecified atom stereocenters. The maximum absolute atomic E-state index is 11.6. The second kappa shape index (κ2) is 7.04. The van der Waals surface area contributed by atoms with E-state index in [1.807, 2.05) is 6.92 Å². The first-order valence-electron chi connectivity index (χ1n) is 7.14. The van der Waals surface area contributed by atoms with Gasteiger partial charge in [0.2, 0.25) is 0 Å². The third kappa shape index (κ3) is 3.93. The molecule has 1 aromatic rings. The SMILES string of the molecule is COC(=O)c1sc(NC(C)CN2CCCCC2)nc1C. The number of carbonyl (C=O) groups is 1. The van der Waals surface area contributed by atoms with Crippen LogP contribution in [0, 0.1) is 6.92 Å². The van der Waals surface area contributed by atoms with E-state index in [-0.39, 0.29) is 5.97 Å². The summed E-state index contributed by atoms with van der Waals surface area (Å²) in [6.07, 6.45) is 3.96. The fourth-order valence-electron chi connectivity index (χ4n) is 2.53. The van der Waals surface area contributed by atoms with Gasteiger partial charge in [-0.25, -0.2) is 9.78 Å². The molecule has 1 aliphatic rings. The van der Waals surface area contributed by atoms with Crippen molar-refractivity contribution in [2.45, 2.75) is 39.2 Å². The molecule has 1 atom stereocenters. The summed E-state index contributed by atoms with van der Waals surface area (Å²) in [4.78, 5) is 19.0. The minimum atomic E-state index is -0.309. The molecule has 1 aromatic heterocycles. The van der Waals surface area contributed by atoms with Crippen molar-refractivity contribution >= 4 is 22.4 Å². The highest BCUT2D eigenvalue weighted by atomic mass is 32.1. The summed E-state index contributed by atoms with van der Waals surface area (Å²) in [5.74, 6) is -0.309. The van der Waals surface area contributed by atoms with E-state index in [1.165, 1.54) is 50.8 Å². The number of nitrogens with zero attached hydrogens (tertiary/aromatic N) is 2. The summed E-state index contributed by atoms with van der Waals surface area (Å²) >= 11 is 1.37. The molecular formula is C14H23N3O2S. The fraction of sp³-hybridized carbons (Fsp3) is 0.714. The third-order valence-corrected chi connectivity index (χ3v) is 4.59. The number of nitrogens with one attached hydrogen (secondary N) is 1.